The second kappa shape index (κ2) is 7.92. The van der Waals surface area contributed by atoms with Gasteiger partial charge < -0.3 is 14.2 Å². The maximum atomic E-state index is 12.5. The molecule has 0 aliphatic heterocycles. The second-order valence-electron chi connectivity index (χ2n) is 4.28. The number of carbonyl (C=O) groups excluding carboxylic acids is 4. The van der Waals surface area contributed by atoms with Crippen molar-refractivity contribution >= 4 is 23.7 Å². The summed E-state index contributed by atoms with van der Waals surface area (Å²) in [6, 6.07) is 8.04. The lowest BCUT2D eigenvalue weighted by molar-refractivity contribution is -0.168. The first kappa shape index (κ1) is 17.4. The van der Waals surface area contributed by atoms with E-state index in [0.29, 0.717) is 5.56 Å². The van der Waals surface area contributed by atoms with E-state index in [1.165, 1.54) is 12.1 Å². The molecular formula is C15H16O7. The van der Waals surface area contributed by atoms with Crippen molar-refractivity contribution in [2.24, 2.45) is 5.92 Å². The third kappa shape index (κ3) is 4.15. The summed E-state index contributed by atoms with van der Waals surface area (Å²) in [5, 5.41) is 0. The molecule has 0 unspecified atom stereocenters. The number of hydrogen-bond donors (Lipinski definition) is 0. The highest BCUT2D eigenvalue weighted by atomic mass is 16.6. The predicted octanol–water partition coefficient (Wildman–Crippen LogP) is 0.822. The fourth-order valence-corrected chi connectivity index (χ4v) is 1.80. The van der Waals surface area contributed by atoms with Gasteiger partial charge in [-0.25, -0.2) is 0 Å². The van der Waals surface area contributed by atoms with E-state index in [9.17, 15) is 19.2 Å². The van der Waals surface area contributed by atoms with Gasteiger partial charge in [0.15, 0.2) is 6.10 Å². The third-order valence-corrected chi connectivity index (χ3v) is 2.80. The lowest BCUT2D eigenvalue weighted by Gasteiger charge is -2.19. The van der Waals surface area contributed by atoms with Gasteiger partial charge >= 0.3 is 17.9 Å². The van der Waals surface area contributed by atoms with Gasteiger partial charge in [0, 0.05) is 12.5 Å². The molecule has 0 spiro atoms. The third-order valence-electron chi connectivity index (χ3n) is 2.80. The lowest BCUT2D eigenvalue weighted by atomic mass is 9.95. The van der Waals surface area contributed by atoms with E-state index in [0.717, 1.165) is 21.1 Å². The summed E-state index contributed by atoms with van der Waals surface area (Å²) >= 11 is 0. The number of ketones is 1. The smallest absolute Gasteiger partial charge is 0.327 e. The molecule has 118 valence electrons. The molecule has 1 rings (SSSR count). The van der Waals surface area contributed by atoms with Crippen LogP contribution in [0.2, 0.25) is 0 Å². The van der Waals surface area contributed by atoms with Crippen molar-refractivity contribution in [3.63, 3.8) is 0 Å². The Kier molecular flexibility index (Phi) is 6.25. The van der Waals surface area contributed by atoms with E-state index < -0.39 is 35.7 Å². The van der Waals surface area contributed by atoms with Crippen LogP contribution in [0.15, 0.2) is 30.3 Å². The minimum atomic E-state index is -1.82. The van der Waals surface area contributed by atoms with E-state index in [4.69, 9.17) is 4.74 Å². The Morgan fingerprint density at radius 3 is 1.82 bits per heavy atom. The van der Waals surface area contributed by atoms with Crippen molar-refractivity contribution in [1.82, 2.24) is 0 Å². The highest BCUT2D eigenvalue weighted by Crippen LogP contribution is 2.23. The molecule has 1 aromatic rings. The first-order valence-electron chi connectivity index (χ1n) is 6.34. The van der Waals surface area contributed by atoms with Crippen molar-refractivity contribution in [2.75, 3.05) is 14.2 Å². The molecule has 7 heteroatoms. The standard InChI is InChI=1S/C15H16O7/c1-9(16)22-13(10-7-5-4-6-8-10)12(17)11(14(18)20-2)15(19)21-3/h4-8,11,13H,1-3H3/t13-/m0/s1. The van der Waals surface area contributed by atoms with Gasteiger partial charge in [0.1, 0.15) is 0 Å². The van der Waals surface area contributed by atoms with Gasteiger partial charge in [-0.05, 0) is 0 Å². The van der Waals surface area contributed by atoms with Crippen LogP contribution >= 0.6 is 0 Å². The zero-order chi connectivity index (χ0) is 16.7. The maximum absolute atomic E-state index is 12.5. The SMILES string of the molecule is COC(=O)C(C(=O)OC)C(=O)[C@@H](OC(C)=O)c1ccccc1. The van der Waals surface area contributed by atoms with Crippen molar-refractivity contribution in [2.45, 2.75) is 13.0 Å². The van der Waals surface area contributed by atoms with Crippen LogP contribution in [0.4, 0.5) is 0 Å². The maximum Gasteiger partial charge on any atom is 0.327 e. The van der Waals surface area contributed by atoms with Crippen molar-refractivity contribution in [3.8, 4) is 0 Å². The predicted molar refractivity (Wildman–Crippen MR) is 73.5 cm³/mol. The normalized spacial score (nSPS) is 11.5. The number of Topliss-reactive ketones (excluding diaryl/α,β-unsaturated/α-hetero) is 1. The summed E-state index contributed by atoms with van der Waals surface area (Å²) in [5.74, 6) is -5.63. The van der Waals surface area contributed by atoms with Gasteiger partial charge in [-0.3, -0.25) is 19.2 Å². The molecule has 0 aliphatic carbocycles. The number of carbonyl (C=O) groups is 4. The number of ether oxygens (including phenoxy) is 3. The molecule has 1 aromatic carbocycles. The Morgan fingerprint density at radius 2 is 1.41 bits per heavy atom. The van der Waals surface area contributed by atoms with E-state index in [2.05, 4.69) is 9.47 Å². The Hall–Kier alpha value is -2.70. The fourth-order valence-electron chi connectivity index (χ4n) is 1.80. The summed E-state index contributed by atoms with van der Waals surface area (Å²) in [6.07, 6.45) is -1.40. The zero-order valence-electron chi connectivity index (χ0n) is 12.4. The van der Waals surface area contributed by atoms with Crippen LogP contribution in [0.1, 0.15) is 18.6 Å². The summed E-state index contributed by atoms with van der Waals surface area (Å²) in [5.41, 5.74) is 0.334. The average Bonchev–Trinajstić information content (AvgIpc) is 2.52. The van der Waals surface area contributed by atoms with Gasteiger partial charge in [-0.15, -0.1) is 0 Å². The Labute approximate surface area is 127 Å². The molecule has 0 amide bonds. The summed E-state index contributed by atoms with van der Waals surface area (Å²) in [6.45, 7) is 1.12. The molecule has 0 bridgehead atoms. The van der Waals surface area contributed by atoms with Crippen molar-refractivity contribution in [3.05, 3.63) is 35.9 Å². The molecule has 0 aromatic heterocycles. The molecule has 0 radical (unpaired) electrons. The van der Waals surface area contributed by atoms with Gasteiger partial charge in [0.25, 0.3) is 0 Å². The number of benzene rings is 1. The van der Waals surface area contributed by atoms with Gasteiger partial charge in [-0.2, -0.15) is 0 Å². The molecule has 0 fully saturated rings. The molecule has 0 N–H and O–H groups in total. The highest BCUT2D eigenvalue weighted by Gasteiger charge is 2.42. The monoisotopic (exact) mass is 308 g/mol. The zero-order valence-corrected chi connectivity index (χ0v) is 12.4. The summed E-state index contributed by atoms with van der Waals surface area (Å²) < 4.78 is 13.9. The molecule has 1 atom stereocenters. The Bertz CT molecular complexity index is 549. The summed E-state index contributed by atoms with van der Waals surface area (Å²) in [4.78, 5) is 47.1. The minimum absolute atomic E-state index is 0.334. The number of rotatable bonds is 6. The highest BCUT2D eigenvalue weighted by molar-refractivity contribution is 6.16. The molecular weight excluding hydrogens is 292 g/mol. The van der Waals surface area contributed by atoms with Crippen LogP contribution in [0.3, 0.4) is 0 Å². The van der Waals surface area contributed by atoms with Gasteiger partial charge in [-0.1, -0.05) is 30.3 Å². The lowest BCUT2D eigenvalue weighted by Crippen LogP contribution is -2.38. The van der Waals surface area contributed by atoms with Gasteiger partial charge in [0.2, 0.25) is 11.7 Å². The molecule has 7 nitrogen and oxygen atoms in total. The minimum Gasteiger partial charge on any atom is -0.468 e. The van der Waals surface area contributed by atoms with Crippen LogP contribution in [-0.2, 0) is 33.4 Å². The van der Waals surface area contributed by atoms with E-state index in [1.807, 2.05) is 0 Å². The molecule has 0 saturated heterocycles. The van der Waals surface area contributed by atoms with Crippen LogP contribution in [0.25, 0.3) is 0 Å². The molecule has 0 saturated carbocycles. The average molecular weight is 308 g/mol. The van der Waals surface area contributed by atoms with Crippen LogP contribution < -0.4 is 0 Å². The number of esters is 3. The molecule has 0 heterocycles. The topological polar surface area (TPSA) is 96.0 Å². The van der Waals surface area contributed by atoms with Crippen LogP contribution in [0.5, 0.6) is 0 Å². The van der Waals surface area contributed by atoms with E-state index in [1.54, 1.807) is 18.2 Å². The number of methoxy groups -OCH3 is 2. The van der Waals surface area contributed by atoms with Crippen molar-refractivity contribution in [1.29, 1.82) is 0 Å². The van der Waals surface area contributed by atoms with Crippen LogP contribution in [0, 0.1) is 5.92 Å². The molecule has 22 heavy (non-hydrogen) atoms. The van der Waals surface area contributed by atoms with Crippen LogP contribution in [-0.4, -0.2) is 37.9 Å². The largest absolute Gasteiger partial charge is 0.468 e. The Balaban J connectivity index is 3.21. The van der Waals surface area contributed by atoms with Gasteiger partial charge in [0.05, 0.1) is 14.2 Å². The van der Waals surface area contributed by atoms with Crippen molar-refractivity contribution < 1.29 is 33.4 Å². The van der Waals surface area contributed by atoms with E-state index >= 15 is 0 Å². The first-order chi connectivity index (χ1) is 10.4. The second-order valence-corrected chi connectivity index (χ2v) is 4.28. The fraction of sp³-hybridized carbons (Fsp3) is 0.333. The summed E-state index contributed by atoms with van der Waals surface area (Å²) in [7, 11) is 2.07. The first-order valence-corrected chi connectivity index (χ1v) is 6.34. The van der Waals surface area contributed by atoms with E-state index in [-0.39, 0.29) is 0 Å². The quantitative estimate of drug-likeness (QED) is 0.436. The molecule has 0 aliphatic rings. The Morgan fingerprint density at radius 1 is 0.909 bits per heavy atom. The number of hydrogen-bond acceptors (Lipinski definition) is 7.